The van der Waals surface area contributed by atoms with Crippen LogP contribution in [0, 0.1) is 0 Å². The Balaban J connectivity index is 2.19. The lowest BCUT2D eigenvalue weighted by Gasteiger charge is -2.23. The van der Waals surface area contributed by atoms with Gasteiger partial charge >= 0.3 is 0 Å². The first-order valence-corrected chi connectivity index (χ1v) is 7.60. The molecule has 0 aliphatic heterocycles. The van der Waals surface area contributed by atoms with E-state index in [2.05, 4.69) is 62.4 Å². The van der Waals surface area contributed by atoms with Crippen molar-refractivity contribution in [2.45, 2.75) is 20.3 Å². The van der Waals surface area contributed by atoms with Crippen molar-refractivity contribution in [1.29, 1.82) is 0 Å². The molecule has 0 radical (unpaired) electrons. The summed E-state index contributed by atoms with van der Waals surface area (Å²) in [5.41, 5.74) is 5.88. The summed E-state index contributed by atoms with van der Waals surface area (Å²) in [6.07, 6.45) is 1.09. The van der Waals surface area contributed by atoms with E-state index in [0.29, 0.717) is 0 Å². The van der Waals surface area contributed by atoms with Gasteiger partial charge in [0.1, 0.15) is 0 Å². The van der Waals surface area contributed by atoms with Crippen molar-refractivity contribution in [3.05, 3.63) is 65.2 Å². The topological polar surface area (TPSA) is 0 Å². The van der Waals surface area contributed by atoms with Gasteiger partial charge in [-0.3, -0.25) is 0 Å². The molecule has 0 atom stereocenters. The van der Waals surface area contributed by atoms with Crippen molar-refractivity contribution in [2.24, 2.45) is 0 Å². The maximum atomic E-state index is 2.39. The van der Waals surface area contributed by atoms with Crippen molar-refractivity contribution < 1.29 is 0 Å². The van der Waals surface area contributed by atoms with E-state index in [4.69, 9.17) is 0 Å². The van der Waals surface area contributed by atoms with Crippen LogP contribution in [0.2, 0.25) is 0 Å². The summed E-state index contributed by atoms with van der Waals surface area (Å²) >= 11 is 0. The molecule has 0 amide bonds. The second kappa shape index (κ2) is 3.65. The van der Waals surface area contributed by atoms with Gasteiger partial charge in [0.15, 0.2) is 0 Å². The van der Waals surface area contributed by atoms with Crippen molar-refractivity contribution in [2.75, 3.05) is 0 Å². The van der Waals surface area contributed by atoms with E-state index < -0.39 is 0 Å². The SMILES string of the molecule is CC1=C(C)c2cc3cccc4ccc5ccc(c2c5c43)C1. The third kappa shape index (κ3) is 1.30. The first kappa shape index (κ1) is 11.3. The molecule has 4 aromatic carbocycles. The average Bonchev–Trinajstić information content (AvgIpc) is 2.51. The Labute approximate surface area is 124 Å². The zero-order valence-corrected chi connectivity index (χ0v) is 12.3. The Morgan fingerprint density at radius 2 is 1.43 bits per heavy atom. The van der Waals surface area contributed by atoms with Gasteiger partial charge in [0.25, 0.3) is 0 Å². The van der Waals surface area contributed by atoms with Crippen molar-refractivity contribution in [1.82, 2.24) is 0 Å². The number of hydrogen-bond acceptors (Lipinski definition) is 0. The van der Waals surface area contributed by atoms with Crippen LogP contribution in [0.4, 0.5) is 0 Å². The van der Waals surface area contributed by atoms with E-state index in [9.17, 15) is 0 Å². The summed E-state index contributed by atoms with van der Waals surface area (Å²) in [7, 11) is 0. The van der Waals surface area contributed by atoms with Gasteiger partial charge in [0.05, 0.1) is 0 Å². The predicted octanol–water partition coefficient (Wildman–Crippen LogP) is 5.93. The largest absolute Gasteiger partial charge is 0.0654 e. The highest BCUT2D eigenvalue weighted by molar-refractivity contribution is 6.26. The van der Waals surface area contributed by atoms with E-state index in [1.165, 1.54) is 54.6 Å². The van der Waals surface area contributed by atoms with Gasteiger partial charge in [-0.15, -0.1) is 0 Å². The van der Waals surface area contributed by atoms with Crippen LogP contribution >= 0.6 is 0 Å². The Bertz CT molecular complexity index is 1060. The van der Waals surface area contributed by atoms with Crippen LogP contribution in [0.1, 0.15) is 25.0 Å². The van der Waals surface area contributed by atoms with Crippen LogP contribution in [-0.2, 0) is 6.42 Å². The van der Waals surface area contributed by atoms with E-state index in [1.807, 2.05) is 0 Å². The van der Waals surface area contributed by atoms with Crippen LogP contribution < -0.4 is 0 Å². The van der Waals surface area contributed by atoms with Crippen LogP contribution in [0.15, 0.2) is 54.1 Å². The van der Waals surface area contributed by atoms with Crippen LogP contribution in [0.25, 0.3) is 37.9 Å². The minimum absolute atomic E-state index is 1.09. The first-order chi connectivity index (χ1) is 10.2. The molecule has 0 unspecified atom stereocenters. The molecule has 0 bridgehead atoms. The molecule has 0 spiro atoms. The fourth-order valence-electron chi connectivity index (χ4n) is 4.01. The molecule has 0 nitrogen and oxygen atoms in total. The van der Waals surface area contributed by atoms with E-state index in [-0.39, 0.29) is 0 Å². The lowest BCUT2D eigenvalue weighted by atomic mass is 9.81. The smallest absolute Gasteiger partial charge is 0.00178 e. The maximum absolute atomic E-state index is 2.39. The molecule has 0 saturated heterocycles. The quantitative estimate of drug-likeness (QED) is 0.346. The summed E-state index contributed by atoms with van der Waals surface area (Å²) < 4.78 is 0. The number of hydrogen-bond donors (Lipinski definition) is 0. The summed E-state index contributed by atoms with van der Waals surface area (Å²) in [4.78, 5) is 0. The normalized spacial score (nSPS) is 14.8. The predicted molar refractivity (Wildman–Crippen MR) is 92.1 cm³/mol. The molecule has 1 aliphatic carbocycles. The maximum Gasteiger partial charge on any atom is -0.00178 e. The second-order valence-corrected chi connectivity index (χ2v) is 6.35. The molecule has 0 N–H and O–H groups in total. The molecular weight excluding hydrogens is 252 g/mol. The summed E-state index contributed by atoms with van der Waals surface area (Å²) in [5.74, 6) is 0. The zero-order valence-electron chi connectivity index (χ0n) is 12.3. The Kier molecular flexibility index (Phi) is 1.97. The summed E-state index contributed by atoms with van der Waals surface area (Å²) in [6.45, 7) is 4.54. The van der Waals surface area contributed by atoms with Crippen LogP contribution in [0.3, 0.4) is 0 Å². The summed E-state index contributed by atoms with van der Waals surface area (Å²) in [5, 5.41) is 8.47. The third-order valence-corrected chi connectivity index (χ3v) is 5.21. The Hall–Kier alpha value is -2.34. The van der Waals surface area contributed by atoms with E-state index >= 15 is 0 Å². The molecule has 100 valence electrons. The fourth-order valence-corrected chi connectivity index (χ4v) is 4.01. The lowest BCUT2D eigenvalue weighted by molar-refractivity contribution is 1.14. The molecule has 0 heterocycles. The lowest BCUT2D eigenvalue weighted by Crippen LogP contribution is -2.02. The molecule has 1 aliphatic rings. The minimum Gasteiger partial charge on any atom is -0.0654 e. The highest BCUT2D eigenvalue weighted by atomic mass is 14.2. The minimum atomic E-state index is 1.09. The highest BCUT2D eigenvalue weighted by Gasteiger charge is 2.19. The second-order valence-electron chi connectivity index (χ2n) is 6.35. The molecule has 21 heavy (non-hydrogen) atoms. The number of allylic oxidation sites excluding steroid dienone is 2. The van der Waals surface area contributed by atoms with Gasteiger partial charge in [-0.05, 0) is 75.4 Å². The monoisotopic (exact) mass is 268 g/mol. The average molecular weight is 268 g/mol. The van der Waals surface area contributed by atoms with E-state index in [0.717, 1.165) is 6.42 Å². The first-order valence-electron chi connectivity index (χ1n) is 7.60. The summed E-state index contributed by atoms with van der Waals surface area (Å²) in [6, 6.07) is 18.2. The molecule has 0 heteroatoms. The van der Waals surface area contributed by atoms with Gasteiger partial charge in [0.2, 0.25) is 0 Å². The Morgan fingerprint density at radius 1 is 0.714 bits per heavy atom. The molecular formula is C21H16. The third-order valence-electron chi connectivity index (χ3n) is 5.21. The number of benzene rings is 4. The van der Waals surface area contributed by atoms with Gasteiger partial charge in [-0.2, -0.15) is 0 Å². The van der Waals surface area contributed by atoms with Gasteiger partial charge in [-0.25, -0.2) is 0 Å². The molecule has 0 aromatic heterocycles. The van der Waals surface area contributed by atoms with Crippen LogP contribution in [0.5, 0.6) is 0 Å². The standard InChI is InChI=1S/C21H16/c1-12-10-17-9-8-15-7-6-14-4-3-5-16-11-18(13(12)2)20(17)21(15)19(14)16/h3-9,11H,10H2,1-2H3. The van der Waals surface area contributed by atoms with Gasteiger partial charge < -0.3 is 0 Å². The zero-order chi connectivity index (χ0) is 14.1. The molecule has 0 fully saturated rings. The van der Waals surface area contributed by atoms with Crippen LogP contribution in [-0.4, -0.2) is 0 Å². The number of rotatable bonds is 0. The van der Waals surface area contributed by atoms with Gasteiger partial charge in [0, 0.05) is 0 Å². The molecule has 0 saturated carbocycles. The van der Waals surface area contributed by atoms with Crippen molar-refractivity contribution in [3.8, 4) is 0 Å². The van der Waals surface area contributed by atoms with Crippen molar-refractivity contribution in [3.63, 3.8) is 0 Å². The molecule has 4 aromatic rings. The highest BCUT2D eigenvalue weighted by Crippen LogP contribution is 2.43. The van der Waals surface area contributed by atoms with E-state index in [1.54, 1.807) is 0 Å². The van der Waals surface area contributed by atoms with Gasteiger partial charge in [-0.1, -0.05) is 48.0 Å². The Morgan fingerprint density at radius 3 is 2.29 bits per heavy atom. The fraction of sp³-hybridized carbons (Fsp3) is 0.143. The molecule has 5 rings (SSSR count). The van der Waals surface area contributed by atoms with Crippen molar-refractivity contribution >= 4 is 37.9 Å².